The molecule has 2 unspecified atom stereocenters. The molecule has 0 aliphatic carbocycles. The average Bonchev–Trinajstić information content (AvgIpc) is 2.47. The van der Waals surface area contributed by atoms with E-state index >= 15 is 0 Å². The molecule has 1 aliphatic heterocycles. The Kier molecular flexibility index (Phi) is 5.38. The van der Waals surface area contributed by atoms with E-state index < -0.39 is 0 Å². The van der Waals surface area contributed by atoms with Crippen LogP contribution in [0, 0.1) is 5.92 Å². The smallest absolute Gasteiger partial charge is 0.213 e. The van der Waals surface area contributed by atoms with Crippen LogP contribution in [0.4, 0.5) is 0 Å². The van der Waals surface area contributed by atoms with Gasteiger partial charge in [-0.15, -0.1) is 0 Å². The highest BCUT2D eigenvalue weighted by molar-refractivity contribution is 5.15. The molecule has 112 valence electrons. The zero-order chi connectivity index (χ0) is 14.5. The fraction of sp³-hybridized carbons (Fsp3) is 0.688. The van der Waals surface area contributed by atoms with Crippen LogP contribution in [-0.4, -0.2) is 42.2 Å². The Labute approximate surface area is 122 Å². The Morgan fingerprint density at radius 2 is 2.25 bits per heavy atom. The average molecular weight is 277 g/mol. The van der Waals surface area contributed by atoms with Gasteiger partial charge in [-0.1, -0.05) is 26.8 Å². The van der Waals surface area contributed by atoms with Crippen LogP contribution < -0.4 is 10.1 Å². The zero-order valence-electron chi connectivity index (χ0n) is 13.1. The summed E-state index contributed by atoms with van der Waals surface area (Å²) < 4.78 is 5.21. The molecule has 1 aromatic rings. The second kappa shape index (κ2) is 7.04. The number of nitrogens with zero attached hydrogens (tertiary/aromatic N) is 2. The molecule has 20 heavy (non-hydrogen) atoms. The highest BCUT2D eigenvalue weighted by Gasteiger charge is 2.28. The first kappa shape index (κ1) is 15.3. The molecule has 4 heteroatoms. The first-order valence-corrected chi connectivity index (χ1v) is 7.61. The molecule has 0 amide bonds. The molecule has 0 bridgehead atoms. The molecule has 1 aliphatic rings. The highest BCUT2D eigenvalue weighted by atomic mass is 16.5. The van der Waals surface area contributed by atoms with E-state index in [0.29, 0.717) is 23.9 Å². The number of hydrogen-bond donors (Lipinski definition) is 1. The lowest BCUT2D eigenvalue weighted by atomic mass is 9.98. The molecule has 0 saturated carbocycles. The molecular formula is C16H27N3O. The predicted octanol–water partition coefficient (Wildman–Crippen LogP) is 2.30. The third-order valence-electron chi connectivity index (χ3n) is 4.19. The van der Waals surface area contributed by atoms with Crippen LogP contribution in [0.25, 0.3) is 0 Å². The van der Waals surface area contributed by atoms with Crippen LogP contribution in [-0.2, 0) is 6.54 Å². The maximum atomic E-state index is 5.21. The maximum absolute atomic E-state index is 5.21. The van der Waals surface area contributed by atoms with Gasteiger partial charge in [0.1, 0.15) is 0 Å². The lowest BCUT2D eigenvalue weighted by Crippen LogP contribution is -2.57. The van der Waals surface area contributed by atoms with E-state index in [9.17, 15) is 0 Å². The Bertz CT molecular complexity index is 422. The van der Waals surface area contributed by atoms with Gasteiger partial charge >= 0.3 is 0 Å². The molecule has 1 saturated heterocycles. The summed E-state index contributed by atoms with van der Waals surface area (Å²) in [6.07, 6.45) is 1.17. The molecule has 2 heterocycles. The standard InChI is InChI=1S/C16H27N3O/c1-5-14-9-17-15(12(2)3)11-19(14)10-13-7-6-8-16(18-13)20-4/h6-8,12,14-15,17H,5,9-11H2,1-4H3. The number of rotatable bonds is 5. The van der Waals surface area contributed by atoms with Crippen LogP contribution in [0.5, 0.6) is 5.88 Å². The van der Waals surface area contributed by atoms with Crippen molar-refractivity contribution < 1.29 is 4.74 Å². The van der Waals surface area contributed by atoms with Crippen molar-refractivity contribution in [2.24, 2.45) is 5.92 Å². The normalized spacial score (nSPS) is 24.1. The van der Waals surface area contributed by atoms with Gasteiger partial charge < -0.3 is 10.1 Å². The molecule has 1 N–H and O–H groups in total. The van der Waals surface area contributed by atoms with Crippen LogP contribution in [0.15, 0.2) is 18.2 Å². The molecule has 2 atom stereocenters. The van der Waals surface area contributed by atoms with Crippen LogP contribution in [0.2, 0.25) is 0 Å². The Morgan fingerprint density at radius 3 is 2.90 bits per heavy atom. The summed E-state index contributed by atoms with van der Waals surface area (Å²) in [5.41, 5.74) is 1.09. The summed E-state index contributed by atoms with van der Waals surface area (Å²) in [5.74, 6) is 1.36. The number of pyridine rings is 1. The number of hydrogen-bond acceptors (Lipinski definition) is 4. The van der Waals surface area contributed by atoms with Crippen molar-refractivity contribution in [2.75, 3.05) is 20.2 Å². The van der Waals surface area contributed by atoms with Crippen molar-refractivity contribution in [1.29, 1.82) is 0 Å². The number of aromatic nitrogens is 1. The van der Waals surface area contributed by atoms with Gasteiger partial charge in [0.25, 0.3) is 0 Å². The van der Waals surface area contributed by atoms with E-state index in [1.54, 1.807) is 7.11 Å². The Morgan fingerprint density at radius 1 is 1.45 bits per heavy atom. The minimum absolute atomic E-state index is 0.573. The summed E-state index contributed by atoms with van der Waals surface area (Å²) >= 11 is 0. The number of ether oxygens (including phenoxy) is 1. The van der Waals surface area contributed by atoms with Gasteiger partial charge in [-0.2, -0.15) is 0 Å². The minimum Gasteiger partial charge on any atom is -0.481 e. The fourth-order valence-corrected chi connectivity index (χ4v) is 2.79. The molecule has 1 fully saturated rings. The van der Waals surface area contributed by atoms with Crippen LogP contribution in [0.3, 0.4) is 0 Å². The zero-order valence-corrected chi connectivity index (χ0v) is 13.1. The third-order valence-corrected chi connectivity index (χ3v) is 4.19. The molecule has 0 spiro atoms. The summed E-state index contributed by atoms with van der Waals surface area (Å²) in [5, 5.41) is 3.67. The second-order valence-corrected chi connectivity index (χ2v) is 5.92. The Balaban J connectivity index is 2.06. The topological polar surface area (TPSA) is 37.4 Å². The van der Waals surface area contributed by atoms with Gasteiger partial charge in [-0.05, 0) is 18.4 Å². The van der Waals surface area contributed by atoms with Gasteiger partial charge in [0, 0.05) is 37.8 Å². The van der Waals surface area contributed by atoms with E-state index in [2.05, 4.69) is 42.0 Å². The second-order valence-electron chi connectivity index (χ2n) is 5.92. The molecule has 1 aromatic heterocycles. The van der Waals surface area contributed by atoms with Crippen molar-refractivity contribution in [3.63, 3.8) is 0 Å². The summed E-state index contributed by atoms with van der Waals surface area (Å²) in [6, 6.07) is 7.17. The minimum atomic E-state index is 0.573. The highest BCUT2D eigenvalue weighted by Crippen LogP contribution is 2.18. The molecule has 4 nitrogen and oxygen atoms in total. The van der Waals surface area contributed by atoms with Gasteiger partial charge in [-0.25, -0.2) is 4.98 Å². The summed E-state index contributed by atoms with van der Waals surface area (Å²) in [4.78, 5) is 7.10. The molecule has 0 aromatic carbocycles. The lowest BCUT2D eigenvalue weighted by molar-refractivity contribution is 0.102. The van der Waals surface area contributed by atoms with Crippen molar-refractivity contribution >= 4 is 0 Å². The quantitative estimate of drug-likeness (QED) is 0.896. The van der Waals surface area contributed by atoms with Crippen molar-refractivity contribution in [3.8, 4) is 5.88 Å². The maximum Gasteiger partial charge on any atom is 0.213 e. The largest absolute Gasteiger partial charge is 0.481 e. The van der Waals surface area contributed by atoms with Gasteiger partial charge in [-0.3, -0.25) is 4.90 Å². The van der Waals surface area contributed by atoms with Crippen molar-refractivity contribution in [3.05, 3.63) is 23.9 Å². The van der Waals surface area contributed by atoms with E-state index in [1.807, 2.05) is 12.1 Å². The SMILES string of the molecule is CCC1CNC(C(C)C)CN1Cc1cccc(OC)n1. The monoisotopic (exact) mass is 277 g/mol. The van der Waals surface area contributed by atoms with Crippen LogP contribution in [0.1, 0.15) is 32.9 Å². The lowest BCUT2D eigenvalue weighted by Gasteiger charge is -2.41. The number of piperazine rings is 1. The molecular weight excluding hydrogens is 250 g/mol. The first-order chi connectivity index (χ1) is 9.63. The molecule has 2 rings (SSSR count). The third kappa shape index (κ3) is 3.70. The molecule has 0 radical (unpaired) electrons. The van der Waals surface area contributed by atoms with Gasteiger partial charge in [0.05, 0.1) is 12.8 Å². The predicted molar refractivity (Wildman–Crippen MR) is 81.9 cm³/mol. The van der Waals surface area contributed by atoms with E-state index in [1.165, 1.54) is 6.42 Å². The van der Waals surface area contributed by atoms with Gasteiger partial charge in [0.15, 0.2) is 0 Å². The number of nitrogens with one attached hydrogen (secondary N) is 1. The van der Waals surface area contributed by atoms with E-state index in [-0.39, 0.29) is 0 Å². The van der Waals surface area contributed by atoms with Crippen LogP contribution >= 0.6 is 0 Å². The first-order valence-electron chi connectivity index (χ1n) is 7.61. The van der Waals surface area contributed by atoms with E-state index in [0.717, 1.165) is 25.3 Å². The van der Waals surface area contributed by atoms with Crippen molar-refractivity contribution in [2.45, 2.75) is 45.8 Å². The Hall–Kier alpha value is -1.13. The number of methoxy groups -OCH3 is 1. The summed E-state index contributed by atoms with van der Waals surface area (Å²) in [7, 11) is 1.67. The van der Waals surface area contributed by atoms with Gasteiger partial charge in [0.2, 0.25) is 5.88 Å². The van der Waals surface area contributed by atoms with E-state index in [4.69, 9.17) is 4.74 Å². The van der Waals surface area contributed by atoms with Crippen molar-refractivity contribution in [1.82, 2.24) is 15.2 Å². The summed E-state index contributed by atoms with van der Waals surface area (Å²) in [6.45, 7) is 9.89. The fourth-order valence-electron chi connectivity index (χ4n) is 2.79.